The Morgan fingerprint density at radius 3 is 2.64 bits per heavy atom. The summed E-state index contributed by atoms with van der Waals surface area (Å²) in [5.74, 6) is 1.29. The standard InChI is InChI=1S/C18H22N2O2/c1-3-4-6-14-7-5-8-15(11-14)22-16-9-10-18(17(19)12-16)20-13(2)21/h5,7-12H,3-4,6,19H2,1-2H3,(H,20,21). The number of benzene rings is 2. The van der Waals surface area contributed by atoms with E-state index in [-0.39, 0.29) is 5.91 Å². The maximum atomic E-state index is 11.1. The highest BCUT2D eigenvalue weighted by molar-refractivity contribution is 5.92. The molecular weight excluding hydrogens is 276 g/mol. The molecule has 0 atom stereocenters. The summed E-state index contributed by atoms with van der Waals surface area (Å²) in [5.41, 5.74) is 8.27. The summed E-state index contributed by atoms with van der Waals surface area (Å²) in [7, 11) is 0. The maximum Gasteiger partial charge on any atom is 0.221 e. The average Bonchev–Trinajstić information content (AvgIpc) is 2.48. The second kappa shape index (κ2) is 7.50. The van der Waals surface area contributed by atoms with Crippen molar-refractivity contribution >= 4 is 17.3 Å². The number of aryl methyl sites for hydroxylation is 1. The topological polar surface area (TPSA) is 64.3 Å². The van der Waals surface area contributed by atoms with Gasteiger partial charge in [-0.15, -0.1) is 0 Å². The van der Waals surface area contributed by atoms with Crippen LogP contribution in [0.15, 0.2) is 42.5 Å². The van der Waals surface area contributed by atoms with Gasteiger partial charge in [0.05, 0.1) is 11.4 Å². The van der Waals surface area contributed by atoms with E-state index in [2.05, 4.69) is 18.3 Å². The minimum absolute atomic E-state index is 0.149. The Bertz CT molecular complexity index is 653. The number of ether oxygens (including phenoxy) is 1. The largest absolute Gasteiger partial charge is 0.457 e. The van der Waals surface area contributed by atoms with Gasteiger partial charge in [-0.3, -0.25) is 4.79 Å². The smallest absolute Gasteiger partial charge is 0.221 e. The zero-order valence-electron chi connectivity index (χ0n) is 13.1. The molecule has 0 unspecified atom stereocenters. The number of carbonyl (C=O) groups is 1. The van der Waals surface area contributed by atoms with Crippen LogP contribution in [0.25, 0.3) is 0 Å². The molecule has 1 amide bonds. The van der Waals surface area contributed by atoms with Crippen LogP contribution in [0, 0.1) is 0 Å². The zero-order chi connectivity index (χ0) is 15.9. The number of amides is 1. The van der Waals surface area contributed by atoms with Crippen LogP contribution in [0.3, 0.4) is 0 Å². The monoisotopic (exact) mass is 298 g/mol. The summed E-state index contributed by atoms with van der Waals surface area (Å²) in [5, 5.41) is 2.68. The number of nitrogens with one attached hydrogen (secondary N) is 1. The molecule has 22 heavy (non-hydrogen) atoms. The second-order valence-electron chi connectivity index (χ2n) is 5.28. The Balaban J connectivity index is 2.10. The first-order valence-electron chi connectivity index (χ1n) is 7.52. The highest BCUT2D eigenvalue weighted by Gasteiger charge is 2.05. The Kier molecular flexibility index (Phi) is 5.42. The van der Waals surface area contributed by atoms with Crippen molar-refractivity contribution < 1.29 is 9.53 Å². The number of hydrogen-bond donors (Lipinski definition) is 2. The number of carbonyl (C=O) groups excluding carboxylic acids is 1. The lowest BCUT2D eigenvalue weighted by Gasteiger charge is -2.11. The van der Waals surface area contributed by atoms with Crippen molar-refractivity contribution in [3.63, 3.8) is 0 Å². The minimum Gasteiger partial charge on any atom is -0.457 e. The Morgan fingerprint density at radius 2 is 1.95 bits per heavy atom. The predicted octanol–water partition coefficient (Wildman–Crippen LogP) is 4.36. The van der Waals surface area contributed by atoms with Crippen LogP contribution < -0.4 is 15.8 Å². The summed E-state index contributed by atoms with van der Waals surface area (Å²) >= 11 is 0. The molecule has 3 N–H and O–H groups in total. The van der Waals surface area contributed by atoms with Gasteiger partial charge in [0.1, 0.15) is 11.5 Å². The van der Waals surface area contributed by atoms with Crippen LogP contribution in [0.4, 0.5) is 11.4 Å². The van der Waals surface area contributed by atoms with Gasteiger partial charge >= 0.3 is 0 Å². The average molecular weight is 298 g/mol. The van der Waals surface area contributed by atoms with Gasteiger partial charge < -0.3 is 15.8 Å². The molecule has 0 fully saturated rings. The number of unbranched alkanes of at least 4 members (excludes halogenated alkanes) is 1. The molecule has 2 rings (SSSR count). The molecule has 2 aromatic rings. The first-order chi connectivity index (χ1) is 10.6. The van der Waals surface area contributed by atoms with Crippen LogP contribution in [-0.2, 0) is 11.2 Å². The molecule has 0 saturated heterocycles. The van der Waals surface area contributed by atoms with Crippen molar-refractivity contribution in [1.29, 1.82) is 0 Å². The van der Waals surface area contributed by atoms with Crippen LogP contribution in [0.1, 0.15) is 32.3 Å². The normalized spacial score (nSPS) is 10.3. The van der Waals surface area contributed by atoms with Crippen molar-refractivity contribution in [3.05, 3.63) is 48.0 Å². The van der Waals surface area contributed by atoms with E-state index in [1.807, 2.05) is 18.2 Å². The van der Waals surface area contributed by atoms with Gasteiger partial charge in [-0.25, -0.2) is 0 Å². The molecule has 0 heterocycles. The Labute approximate surface area is 131 Å². The number of nitrogen functional groups attached to an aromatic ring is 1. The summed E-state index contributed by atoms with van der Waals surface area (Å²) in [6, 6.07) is 13.3. The molecule has 4 nitrogen and oxygen atoms in total. The number of anilines is 2. The fraction of sp³-hybridized carbons (Fsp3) is 0.278. The molecular formula is C18H22N2O2. The van der Waals surface area contributed by atoms with E-state index >= 15 is 0 Å². The molecule has 4 heteroatoms. The van der Waals surface area contributed by atoms with Crippen molar-refractivity contribution in [2.75, 3.05) is 11.1 Å². The molecule has 0 aromatic heterocycles. The van der Waals surface area contributed by atoms with E-state index in [4.69, 9.17) is 10.5 Å². The highest BCUT2D eigenvalue weighted by Crippen LogP contribution is 2.28. The maximum absolute atomic E-state index is 11.1. The van der Waals surface area contributed by atoms with Gasteiger partial charge in [0, 0.05) is 13.0 Å². The third-order valence-corrected chi connectivity index (χ3v) is 3.29. The van der Waals surface area contributed by atoms with Crippen molar-refractivity contribution in [3.8, 4) is 11.5 Å². The van der Waals surface area contributed by atoms with Gasteiger partial charge in [-0.05, 0) is 42.7 Å². The van der Waals surface area contributed by atoms with Crippen molar-refractivity contribution in [2.45, 2.75) is 33.1 Å². The highest BCUT2D eigenvalue weighted by atomic mass is 16.5. The van der Waals surface area contributed by atoms with Crippen LogP contribution in [-0.4, -0.2) is 5.91 Å². The van der Waals surface area contributed by atoms with E-state index in [9.17, 15) is 4.79 Å². The van der Waals surface area contributed by atoms with E-state index in [1.54, 1.807) is 18.2 Å². The van der Waals surface area contributed by atoms with Crippen LogP contribution >= 0.6 is 0 Å². The third-order valence-electron chi connectivity index (χ3n) is 3.29. The van der Waals surface area contributed by atoms with Gasteiger partial charge in [-0.2, -0.15) is 0 Å². The van der Waals surface area contributed by atoms with Gasteiger partial charge in [0.2, 0.25) is 5.91 Å². The first kappa shape index (κ1) is 15.9. The lowest BCUT2D eigenvalue weighted by Crippen LogP contribution is -2.07. The fourth-order valence-corrected chi connectivity index (χ4v) is 2.19. The first-order valence-corrected chi connectivity index (χ1v) is 7.52. The van der Waals surface area contributed by atoms with E-state index in [0.29, 0.717) is 17.1 Å². The second-order valence-corrected chi connectivity index (χ2v) is 5.28. The lowest BCUT2D eigenvalue weighted by atomic mass is 10.1. The summed E-state index contributed by atoms with van der Waals surface area (Å²) in [6.45, 7) is 3.63. The van der Waals surface area contributed by atoms with Crippen molar-refractivity contribution in [2.24, 2.45) is 0 Å². The molecule has 0 saturated carbocycles. The van der Waals surface area contributed by atoms with Gasteiger partial charge in [0.25, 0.3) is 0 Å². The third kappa shape index (κ3) is 4.52. The Morgan fingerprint density at radius 1 is 1.18 bits per heavy atom. The number of nitrogens with two attached hydrogens (primary N) is 1. The van der Waals surface area contributed by atoms with E-state index in [1.165, 1.54) is 25.3 Å². The molecule has 116 valence electrons. The predicted molar refractivity (Wildman–Crippen MR) is 90.3 cm³/mol. The van der Waals surface area contributed by atoms with Crippen LogP contribution in [0.5, 0.6) is 11.5 Å². The van der Waals surface area contributed by atoms with E-state index in [0.717, 1.165) is 12.2 Å². The SMILES string of the molecule is CCCCc1cccc(Oc2ccc(NC(C)=O)c(N)c2)c1. The molecule has 0 radical (unpaired) electrons. The quantitative estimate of drug-likeness (QED) is 0.779. The molecule has 2 aromatic carbocycles. The molecule has 0 aliphatic heterocycles. The van der Waals surface area contributed by atoms with Crippen LogP contribution in [0.2, 0.25) is 0 Å². The molecule has 0 aliphatic carbocycles. The summed E-state index contributed by atoms with van der Waals surface area (Å²) in [6.07, 6.45) is 3.39. The van der Waals surface area contributed by atoms with Crippen molar-refractivity contribution in [1.82, 2.24) is 0 Å². The fourth-order valence-electron chi connectivity index (χ4n) is 2.19. The number of hydrogen-bond acceptors (Lipinski definition) is 3. The zero-order valence-corrected chi connectivity index (χ0v) is 13.1. The lowest BCUT2D eigenvalue weighted by molar-refractivity contribution is -0.114. The van der Waals surface area contributed by atoms with Gasteiger partial charge in [0.15, 0.2) is 0 Å². The summed E-state index contributed by atoms with van der Waals surface area (Å²) < 4.78 is 5.85. The molecule has 0 spiro atoms. The van der Waals surface area contributed by atoms with Gasteiger partial charge in [-0.1, -0.05) is 25.5 Å². The Hall–Kier alpha value is -2.49. The molecule has 0 aliphatic rings. The molecule has 0 bridgehead atoms. The summed E-state index contributed by atoms with van der Waals surface area (Å²) in [4.78, 5) is 11.1. The minimum atomic E-state index is -0.149. The van der Waals surface area contributed by atoms with E-state index < -0.39 is 0 Å². The number of rotatable bonds is 6.